The van der Waals surface area contributed by atoms with E-state index in [2.05, 4.69) is 32.5 Å². The van der Waals surface area contributed by atoms with Gasteiger partial charge < -0.3 is 10.2 Å². The fourth-order valence-corrected chi connectivity index (χ4v) is 2.02. The van der Waals surface area contributed by atoms with Crippen molar-refractivity contribution < 1.29 is 0 Å². The Labute approximate surface area is 125 Å². The van der Waals surface area contributed by atoms with Crippen molar-refractivity contribution in [1.82, 2.24) is 15.2 Å². The van der Waals surface area contributed by atoms with Crippen molar-refractivity contribution in [3.05, 3.63) is 16.1 Å². The van der Waals surface area contributed by atoms with E-state index < -0.39 is 0 Å². The first kappa shape index (κ1) is 16.6. The van der Waals surface area contributed by atoms with Gasteiger partial charge in [-0.15, -0.1) is 35.3 Å². The molecule has 1 N–H and O–H groups in total. The summed E-state index contributed by atoms with van der Waals surface area (Å²) >= 11 is 1.69. The van der Waals surface area contributed by atoms with Crippen LogP contribution in [0.3, 0.4) is 0 Å². The van der Waals surface area contributed by atoms with E-state index in [0.29, 0.717) is 0 Å². The maximum atomic E-state index is 4.44. The third kappa shape index (κ3) is 5.67. The van der Waals surface area contributed by atoms with Gasteiger partial charge in [0.2, 0.25) is 0 Å². The molecular formula is C11H21IN4S. The minimum atomic E-state index is 0. The summed E-state index contributed by atoms with van der Waals surface area (Å²) in [5.74, 6) is 0.924. The van der Waals surface area contributed by atoms with Crippen LogP contribution in [0.2, 0.25) is 0 Å². The fourth-order valence-electron chi connectivity index (χ4n) is 1.42. The molecule has 1 heterocycles. The van der Waals surface area contributed by atoms with Gasteiger partial charge in [0.1, 0.15) is 0 Å². The summed E-state index contributed by atoms with van der Waals surface area (Å²) in [6, 6.07) is 0. The average molecular weight is 368 g/mol. The Balaban J connectivity index is 0.00000256. The quantitative estimate of drug-likeness (QED) is 0.504. The lowest BCUT2D eigenvalue weighted by Crippen LogP contribution is -2.38. The lowest BCUT2D eigenvalue weighted by Gasteiger charge is -2.20. The largest absolute Gasteiger partial charge is 0.356 e. The van der Waals surface area contributed by atoms with E-state index in [4.69, 9.17) is 0 Å². The number of nitrogens with zero attached hydrogens (tertiary/aromatic N) is 3. The molecule has 98 valence electrons. The van der Waals surface area contributed by atoms with Crippen LogP contribution in [0, 0.1) is 6.92 Å². The highest BCUT2D eigenvalue weighted by Gasteiger charge is 2.07. The highest BCUT2D eigenvalue weighted by molar-refractivity contribution is 14.0. The molecule has 0 amide bonds. The van der Waals surface area contributed by atoms with Gasteiger partial charge in [0, 0.05) is 26.0 Å². The average Bonchev–Trinajstić information content (AvgIpc) is 2.65. The minimum Gasteiger partial charge on any atom is -0.356 e. The van der Waals surface area contributed by atoms with Gasteiger partial charge in [0.05, 0.1) is 17.2 Å². The van der Waals surface area contributed by atoms with Crippen LogP contribution in [0.4, 0.5) is 0 Å². The Morgan fingerprint density at radius 1 is 1.59 bits per heavy atom. The molecule has 0 bridgehead atoms. The zero-order chi connectivity index (χ0) is 12.0. The van der Waals surface area contributed by atoms with Crippen molar-refractivity contribution in [1.29, 1.82) is 0 Å². The molecule has 0 saturated carbocycles. The number of hydrogen-bond acceptors (Lipinski definition) is 3. The summed E-state index contributed by atoms with van der Waals surface area (Å²) in [6.07, 6.45) is 1.10. The van der Waals surface area contributed by atoms with Crippen molar-refractivity contribution in [2.45, 2.75) is 26.8 Å². The number of nitrogens with one attached hydrogen (secondary N) is 1. The third-order valence-corrected chi connectivity index (χ3v) is 2.99. The summed E-state index contributed by atoms with van der Waals surface area (Å²) in [6.45, 7) is 5.92. The van der Waals surface area contributed by atoms with Crippen molar-refractivity contribution >= 4 is 41.3 Å². The topological polar surface area (TPSA) is 40.5 Å². The van der Waals surface area contributed by atoms with Gasteiger partial charge in [-0.05, 0) is 13.3 Å². The molecule has 0 aliphatic rings. The van der Waals surface area contributed by atoms with E-state index >= 15 is 0 Å². The predicted molar refractivity (Wildman–Crippen MR) is 85.4 cm³/mol. The van der Waals surface area contributed by atoms with Gasteiger partial charge >= 0.3 is 0 Å². The summed E-state index contributed by atoms with van der Waals surface area (Å²) < 4.78 is 0. The Morgan fingerprint density at radius 2 is 2.29 bits per heavy atom. The number of rotatable bonds is 4. The van der Waals surface area contributed by atoms with Crippen LogP contribution in [-0.2, 0) is 6.54 Å². The molecule has 1 aromatic heterocycles. The van der Waals surface area contributed by atoms with E-state index in [-0.39, 0.29) is 24.0 Å². The molecule has 4 nitrogen and oxygen atoms in total. The van der Waals surface area contributed by atoms with Gasteiger partial charge in [-0.1, -0.05) is 6.92 Å². The Bertz CT molecular complexity index is 351. The number of aryl methyl sites for hydroxylation is 1. The number of hydrogen-bond donors (Lipinski definition) is 1. The highest BCUT2D eigenvalue weighted by atomic mass is 127. The molecule has 6 heteroatoms. The number of guanidine groups is 1. The number of halogens is 1. The van der Waals surface area contributed by atoms with Crippen LogP contribution in [-0.4, -0.2) is 36.5 Å². The number of aromatic nitrogens is 1. The van der Waals surface area contributed by atoms with Crippen LogP contribution in [0.1, 0.15) is 24.0 Å². The monoisotopic (exact) mass is 368 g/mol. The minimum absolute atomic E-state index is 0. The normalized spacial score (nSPS) is 10.9. The van der Waals surface area contributed by atoms with E-state index in [1.165, 1.54) is 0 Å². The first-order chi connectivity index (χ1) is 7.67. The first-order valence-corrected chi connectivity index (χ1v) is 6.38. The Hall–Kier alpha value is -0.370. The van der Waals surface area contributed by atoms with Crippen molar-refractivity contribution in [3.63, 3.8) is 0 Å². The summed E-state index contributed by atoms with van der Waals surface area (Å²) in [4.78, 5) is 10.8. The SMILES string of the molecule is CCCNC(=NC)N(C)Cc1csc(C)n1.I. The van der Waals surface area contributed by atoms with Crippen molar-refractivity contribution in [2.75, 3.05) is 20.6 Å². The molecule has 0 radical (unpaired) electrons. The zero-order valence-electron chi connectivity index (χ0n) is 10.9. The smallest absolute Gasteiger partial charge is 0.193 e. The lowest BCUT2D eigenvalue weighted by atomic mass is 10.4. The molecule has 17 heavy (non-hydrogen) atoms. The fraction of sp³-hybridized carbons (Fsp3) is 0.636. The standard InChI is InChI=1S/C11H20N4S.HI/c1-5-6-13-11(12-3)15(4)7-10-8-16-9(2)14-10;/h8H,5-7H2,1-4H3,(H,12,13);1H. The summed E-state index contributed by atoms with van der Waals surface area (Å²) in [5.41, 5.74) is 1.10. The maximum absolute atomic E-state index is 4.44. The van der Waals surface area contributed by atoms with Gasteiger partial charge in [0.25, 0.3) is 0 Å². The molecule has 1 aromatic rings. The number of thiazole rings is 1. The molecule has 0 aliphatic carbocycles. The van der Waals surface area contributed by atoms with E-state index in [1.54, 1.807) is 18.4 Å². The lowest BCUT2D eigenvalue weighted by molar-refractivity contribution is 0.471. The molecule has 0 unspecified atom stereocenters. The second-order valence-corrected chi connectivity index (χ2v) is 4.75. The molecule has 0 saturated heterocycles. The molecule has 0 spiro atoms. The zero-order valence-corrected chi connectivity index (χ0v) is 14.0. The van der Waals surface area contributed by atoms with Crippen LogP contribution in [0.25, 0.3) is 0 Å². The van der Waals surface area contributed by atoms with Crippen LogP contribution in [0.15, 0.2) is 10.4 Å². The van der Waals surface area contributed by atoms with E-state index in [1.807, 2.05) is 14.0 Å². The summed E-state index contributed by atoms with van der Waals surface area (Å²) in [5, 5.41) is 6.50. The Morgan fingerprint density at radius 3 is 2.76 bits per heavy atom. The molecule has 0 aromatic carbocycles. The predicted octanol–water partition coefficient (Wildman–Crippen LogP) is 2.49. The van der Waals surface area contributed by atoms with Crippen molar-refractivity contribution in [2.24, 2.45) is 4.99 Å². The van der Waals surface area contributed by atoms with Gasteiger partial charge in [0.15, 0.2) is 5.96 Å². The molecule has 1 rings (SSSR count). The van der Waals surface area contributed by atoms with E-state index in [0.717, 1.165) is 36.2 Å². The Kier molecular flexibility index (Phi) is 8.49. The van der Waals surface area contributed by atoms with E-state index in [9.17, 15) is 0 Å². The van der Waals surface area contributed by atoms with Gasteiger partial charge in [-0.25, -0.2) is 4.98 Å². The van der Waals surface area contributed by atoms with Gasteiger partial charge in [-0.2, -0.15) is 0 Å². The highest BCUT2D eigenvalue weighted by Crippen LogP contribution is 2.09. The number of aliphatic imine (C=N–C) groups is 1. The molecule has 0 fully saturated rings. The first-order valence-electron chi connectivity index (χ1n) is 5.50. The third-order valence-electron chi connectivity index (χ3n) is 2.17. The van der Waals surface area contributed by atoms with Crippen LogP contribution in [0.5, 0.6) is 0 Å². The van der Waals surface area contributed by atoms with Crippen LogP contribution < -0.4 is 5.32 Å². The molecular weight excluding hydrogens is 347 g/mol. The van der Waals surface area contributed by atoms with Gasteiger partial charge in [-0.3, -0.25) is 4.99 Å². The molecule has 0 aliphatic heterocycles. The van der Waals surface area contributed by atoms with Crippen LogP contribution >= 0.6 is 35.3 Å². The second-order valence-electron chi connectivity index (χ2n) is 3.69. The molecule has 0 atom stereocenters. The van der Waals surface area contributed by atoms with Crippen molar-refractivity contribution in [3.8, 4) is 0 Å². The second kappa shape index (κ2) is 8.68. The summed E-state index contributed by atoms with van der Waals surface area (Å²) in [7, 11) is 3.83. The maximum Gasteiger partial charge on any atom is 0.193 e.